The highest BCUT2D eigenvalue weighted by Crippen LogP contribution is 1.96. The Morgan fingerprint density at radius 3 is 2.38 bits per heavy atom. The summed E-state index contributed by atoms with van der Waals surface area (Å²) in [5.74, 6) is 1.26. The number of halogens is 1. The minimum absolute atomic E-state index is 0. The van der Waals surface area contributed by atoms with Gasteiger partial charge in [0.15, 0.2) is 0 Å². The Kier molecular flexibility index (Phi) is 15.0. The lowest BCUT2D eigenvalue weighted by molar-refractivity contribution is 0.815. The van der Waals surface area contributed by atoms with E-state index in [0.29, 0.717) is 0 Å². The van der Waals surface area contributed by atoms with Crippen molar-refractivity contribution in [3.8, 4) is 0 Å². The molecule has 0 saturated carbocycles. The molecule has 0 amide bonds. The molecule has 0 aromatic rings. The first-order valence-electron chi connectivity index (χ1n) is 2.61. The van der Waals surface area contributed by atoms with Gasteiger partial charge >= 0.3 is 0 Å². The average Bonchev–Trinajstić information content (AvgIpc) is 1.69. The molecule has 0 aromatic heterocycles. The van der Waals surface area contributed by atoms with Crippen molar-refractivity contribution >= 4 is 24.2 Å². The molecular weight excluding hydrogens is 142 g/mol. The molecule has 0 aliphatic heterocycles. The van der Waals surface area contributed by atoms with Gasteiger partial charge in [0.05, 0.1) is 0 Å². The molecule has 52 valence electrons. The number of hydrogen-bond acceptors (Lipinski definition) is 2. The predicted molar refractivity (Wildman–Crippen MR) is 43.9 cm³/mol. The molecule has 0 aliphatic carbocycles. The number of unbranched alkanes of at least 4 members (excludes halogenated alkanes) is 1. The molecule has 0 rings (SSSR count). The summed E-state index contributed by atoms with van der Waals surface area (Å²) in [6.07, 6.45) is 4.58. The Morgan fingerprint density at radius 2 is 2.00 bits per heavy atom. The van der Waals surface area contributed by atoms with Crippen molar-refractivity contribution in [1.82, 2.24) is 0 Å². The first kappa shape index (κ1) is 11.4. The molecule has 0 unspecified atom stereocenters. The molecule has 0 spiro atoms. The molecule has 0 aromatic carbocycles. The highest BCUT2D eigenvalue weighted by Gasteiger charge is 1.80. The van der Waals surface area contributed by atoms with E-state index in [-0.39, 0.29) is 12.4 Å². The summed E-state index contributed by atoms with van der Waals surface area (Å²) in [7, 11) is 0. The third kappa shape index (κ3) is 9.78. The maximum absolute atomic E-state index is 5.26. The topological polar surface area (TPSA) is 26.0 Å². The van der Waals surface area contributed by atoms with Crippen LogP contribution in [-0.4, -0.2) is 18.6 Å². The van der Waals surface area contributed by atoms with Crippen molar-refractivity contribution in [1.29, 1.82) is 0 Å². The van der Waals surface area contributed by atoms with Crippen LogP contribution in [0.25, 0.3) is 0 Å². The van der Waals surface area contributed by atoms with E-state index in [4.69, 9.17) is 5.73 Å². The smallest absolute Gasteiger partial charge is 0.00698 e. The van der Waals surface area contributed by atoms with E-state index in [1.807, 2.05) is 11.8 Å². The highest BCUT2D eigenvalue weighted by molar-refractivity contribution is 7.98. The molecule has 0 saturated heterocycles. The van der Waals surface area contributed by atoms with Crippen LogP contribution in [0, 0.1) is 0 Å². The third-order valence-corrected chi connectivity index (χ3v) is 1.50. The van der Waals surface area contributed by atoms with E-state index in [0.717, 1.165) is 6.54 Å². The van der Waals surface area contributed by atoms with E-state index in [2.05, 4.69) is 6.26 Å². The Bertz CT molecular complexity index is 31.6. The second-order valence-corrected chi connectivity index (χ2v) is 2.47. The second-order valence-electron chi connectivity index (χ2n) is 1.49. The van der Waals surface area contributed by atoms with Crippen LogP contribution in [0.4, 0.5) is 0 Å². The molecule has 0 bridgehead atoms. The Labute approximate surface area is 61.8 Å². The van der Waals surface area contributed by atoms with Crippen molar-refractivity contribution in [3.05, 3.63) is 0 Å². The van der Waals surface area contributed by atoms with Gasteiger partial charge in [0.25, 0.3) is 0 Å². The molecule has 8 heavy (non-hydrogen) atoms. The first-order valence-corrected chi connectivity index (χ1v) is 4.00. The minimum atomic E-state index is 0. The van der Waals surface area contributed by atoms with Crippen molar-refractivity contribution in [3.63, 3.8) is 0 Å². The van der Waals surface area contributed by atoms with E-state index in [1.54, 1.807) is 0 Å². The van der Waals surface area contributed by atoms with E-state index in [9.17, 15) is 0 Å². The summed E-state index contributed by atoms with van der Waals surface area (Å²) < 4.78 is 0. The lowest BCUT2D eigenvalue weighted by Gasteiger charge is -1.91. The zero-order valence-corrected chi connectivity index (χ0v) is 6.86. The van der Waals surface area contributed by atoms with Crippen LogP contribution in [0.1, 0.15) is 12.8 Å². The van der Waals surface area contributed by atoms with Crippen LogP contribution in [0.3, 0.4) is 0 Å². The van der Waals surface area contributed by atoms with E-state index in [1.165, 1.54) is 18.6 Å². The number of nitrogens with two attached hydrogens (primary N) is 1. The third-order valence-electron chi connectivity index (χ3n) is 0.803. The summed E-state index contributed by atoms with van der Waals surface area (Å²) >= 11 is 1.89. The first-order chi connectivity index (χ1) is 3.41. The molecule has 0 heterocycles. The molecule has 2 N–H and O–H groups in total. The van der Waals surface area contributed by atoms with Crippen LogP contribution >= 0.6 is 24.2 Å². The molecule has 0 radical (unpaired) electrons. The van der Waals surface area contributed by atoms with Gasteiger partial charge in [-0.05, 0) is 31.4 Å². The number of hydrogen-bond donors (Lipinski definition) is 1. The maximum atomic E-state index is 5.26. The van der Waals surface area contributed by atoms with Crippen molar-refractivity contribution < 1.29 is 0 Å². The zero-order chi connectivity index (χ0) is 5.54. The van der Waals surface area contributed by atoms with Gasteiger partial charge in [0.1, 0.15) is 0 Å². The number of thioether (sulfide) groups is 1. The van der Waals surface area contributed by atoms with Crippen LogP contribution in [-0.2, 0) is 0 Å². The highest BCUT2D eigenvalue weighted by atomic mass is 35.5. The van der Waals surface area contributed by atoms with Crippen LogP contribution in [0.5, 0.6) is 0 Å². The van der Waals surface area contributed by atoms with Gasteiger partial charge in [-0.25, -0.2) is 0 Å². The van der Waals surface area contributed by atoms with Crippen molar-refractivity contribution in [2.75, 3.05) is 18.6 Å². The normalized spacial score (nSPS) is 8.25. The Morgan fingerprint density at radius 1 is 1.38 bits per heavy atom. The maximum Gasteiger partial charge on any atom is -0.00698 e. The van der Waals surface area contributed by atoms with Gasteiger partial charge in [0.2, 0.25) is 0 Å². The fourth-order valence-corrected chi connectivity index (χ4v) is 0.884. The Balaban J connectivity index is 0. The van der Waals surface area contributed by atoms with Crippen LogP contribution in [0.2, 0.25) is 0 Å². The predicted octanol–water partition coefficient (Wildman–Crippen LogP) is 1.51. The van der Waals surface area contributed by atoms with E-state index >= 15 is 0 Å². The van der Waals surface area contributed by atoms with Crippen LogP contribution in [0.15, 0.2) is 0 Å². The molecule has 0 aliphatic rings. The fourth-order valence-electron chi connectivity index (χ4n) is 0.391. The fraction of sp³-hybridized carbons (Fsp3) is 1.00. The minimum Gasteiger partial charge on any atom is -0.330 e. The quantitative estimate of drug-likeness (QED) is 0.623. The summed E-state index contributed by atoms with van der Waals surface area (Å²) in [5, 5.41) is 0. The lowest BCUT2D eigenvalue weighted by atomic mass is 10.3. The van der Waals surface area contributed by atoms with Crippen LogP contribution < -0.4 is 5.73 Å². The molecule has 1 nitrogen and oxygen atoms in total. The monoisotopic (exact) mass is 155 g/mol. The SMILES string of the molecule is CSCCCCN.Cl. The molecular formula is C5H14ClNS. The van der Waals surface area contributed by atoms with Gasteiger partial charge in [0, 0.05) is 0 Å². The van der Waals surface area contributed by atoms with Gasteiger partial charge in [-0.15, -0.1) is 12.4 Å². The average molecular weight is 156 g/mol. The van der Waals surface area contributed by atoms with Gasteiger partial charge in [-0.3, -0.25) is 0 Å². The van der Waals surface area contributed by atoms with Gasteiger partial charge < -0.3 is 5.73 Å². The van der Waals surface area contributed by atoms with Gasteiger partial charge in [-0.2, -0.15) is 11.8 Å². The molecule has 3 heteroatoms. The summed E-state index contributed by atoms with van der Waals surface area (Å²) in [5.41, 5.74) is 5.26. The number of rotatable bonds is 4. The summed E-state index contributed by atoms with van der Waals surface area (Å²) in [6.45, 7) is 0.848. The van der Waals surface area contributed by atoms with Crippen molar-refractivity contribution in [2.45, 2.75) is 12.8 Å². The summed E-state index contributed by atoms with van der Waals surface area (Å²) in [6, 6.07) is 0. The molecule has 0 fully saturated rings. The van der Waals surface area contributed by atoms with Gasteiger partial charge in [-0.1, -0.05) is 0 Å². The van der Waals surface area contributed by atoms with E-state index < -0.39 is 0 Å². The lowest BCUT2D eigenvalue weighted by Crippen LogP contribution is -1.98. The summed E-state index contributed by atoms with van der Waals surface area (Å²) in [4.78, 5) is 0. The largest absolute Gasteiger partial charge is 0.330 e. The Hall–Kier alpha value is 0.600. The standard InChI is InChI=1S/C5H13NS.ClH/c1-7-5-3-2-4-6;/h2-6H2,1H3;1H. The second kappa shape index (κ2) is 10.6. The molecule has 0 atom stereocenters. The zero-order valence-electron chi connectivity index (χ0n) is 5.22. The van der Waals surface area contributed by atoms with Crippen molar-refractivity contribution in [2.24, 2.45) is 5.73 Å².